The molecular weight excluding hydrogens is 562 g/mol. The molecule has 216 valence electrons. The fraction of sp³-hybridized carbons (Fsp3) is 0.344. The van der Waals surface area contributed by atoms with E-state index in [9.17, 15) is 18.3 Å². The first kappa shape index (κ1) is 29.3. The summed E-state index contributed by atoms with van der Waals surface area (Å²) in [5, 5.41) is 9.95. The number of rotatable bonds is 8. The van der Waals surface area contributed by atoms with Gasteiger partial charge in [-0.1, -0.05) is 60.2 Å². The van der Waals surface area contributed by atoms with Gasteiger partial charge in [-0.05, 0) is 73.7 Å². The van der Waals surface area contributed by atoms with Crippen LogP contribution in [0.25, 0.3) is 0 Å². The summed E-state index contributed by atoms with van der Waals surface area (Å²) in [5.74, 6) is -0.951. The Balaban J connectivity index is 1.51. The fourth-order valence-corrected chi connectivity index (χ4v) is 7.46. The molecule has 0 bridgehead atoms. The molecule has 7 nitrogen and oxygen atoms in total. The number of carboxylic acids is 1. The maximum absolute atomic E-state index is 13.9. The van der Waals surface area contributed by atoms with Crippen molar-refractivity contribution >= 4 is 27.6 Å². The zero-order valence-electron chi connectivity index (χ0n) is 23.1. The van der Waals surface area contributed by atoms with E-state index in [2.05, 4.69) is 6.58 Å². The summed E-state index contributed by atoms with van der Waals surface area (Å²) in [6.45, 7) is 8.26. The minimum absolute atomic E-state index is 0.0638. The van der Waals surface area contributed by atoms with E-state index in [-0.39, 0.29) is 28.6 Å². The molecule has 9 heteroatoms. The number of nitrogens with zero attached hydrogens (tertiary/aromatic N) is 1. The molecule has 1 fully saturated rings. The number of carbonyl (C=O) groups is 1. The van der Waals surface area contributed by atoms with Crippen molar-refractivity contribution in [2.45, 2.75) is 56.3 Å². The molecule has 4 atom stereocenters. The van der Waals surface area contributed by atoms with Crippen LogP contribution in [-0.2, 0) is 32.5 Å². The first-order valence-electron chi connectivity index (χ1n) is 13.7. The molecule has 2 heterocycles. The quantitative estimate of drug-likeness (QED) is 0.304. The highest BCUT2D eigenvalue weighted by Gasteiger charge is 2.40. The summed E-state index contributed by atoms with van der Waals surface area (Å²) in [4.78, 5) is 11.5. The third-order valence-electron chi connectivity index (χ3n) is 8.10. The van der Waals surface area contributed by atoms with Crippen molar-refractivity contribution in [3.05, 3.63) is 106 Å². The number of ether oxygens (including phenoxy) is 2. The van der Waals surface area contributed by atoms with Crippen molar-refractivity contribution in [2.75, 3.05) is 13.2 Å². The van der Waals surface area contributed by atoms with Crippen LogP contribution in [0.5, 0.6) is 5.75 Å². The van der Waals surface area contributed by atoms with Gasteiger partial charge in [0.05, 0.1) is 17.1 Å². The van der Waals surface area contributed by atoms with Crippen LogP contribution in [0.2, 0.25) is 5.02 Å². The zero-order chi connectivity index (χ0) is 29.3. The summed E-state index contributed by atoms with van der Waals surface area (Å²) in [5.41, 5.74) is 4.62. The van der Waals surface area contributed by atoms with Crippen LogP contribution in [0.4, 0.5) is 0 Å². The van der Waals surface area contributed by atoms with Gasteiger partial charge in [0.25, 0.3) is 0 Å². The lowest BCUT2D eigenvalue weighted by Gasteiger charge is -2.42. The third-order valence-corrected chi connectivity index (χ3v) is 10.2. The van der Waals surface area contributed by atoms with Crippen molar-refractivity contribution < 1.29 is 27.8 Å². The highest BCUT2D eigenvalue weighted by molar-refractivity contribution is 7.89. The lowest BCUT2D eigenvalue weighted by atomic mass is 9.76. The van der Waals surface area contributed by atoms with Gasteiger partial charge in [-0.2, -0.15) is 4.31 Å². The highest BCUT2D eigenvalue weighted by Crippen LogP contribution is 2.48. The molecule has 5 rings (SSSR count). The molecule has 0 aromatic heterocycles. The van der Waals surface area contributed by atoms with Crippen LogP contribution in [-0.4, -0.2) is 43.1 Å². The molecule has 0 radical (unpaired) electrons. The van der Waals surface area contributed by atoms with E-state index in [0.29, 0.717) is 36.5 Å². The number of benzene rings is 3. The maximum Gasteiger partial charge on any atom is 0.341 e. The van der Waals surface area contributed by atoms with Gasteiger partial charge in [-0.25, -0.2) is 13.2 Å². The van der Waals surface area contributed by atoms with Crippen molar-refractivity contribution in [1.29, 1.82) is 0 Å². The molecule has 0 saturated carbocycles. The molecule has 2 aliphatic heterocycles. The normalized spacial score (nSPS) is 23.0. The summed E-state index contributed by atoms with van der Waals surface area (Å²) in [6.07, 6.45) is 0.547. The average molecular weight is 596 g/mol. The number of hydrogen-bond donors (Lipinski definition) is 1. The number of aliphatic carboxylic acids is 1. The van der Waals surface area contributed by atoms with E-state index in [4.69, 9.17) is 21.1 Å². The standard InChI is InChI=1S/C32H34ClNO6S/c1-20(2)27-17-28(23-8-10-25(33)11-9-23)21(3)40-32(27)29-16-26(12-13-30(29)39-19-31(35)36)41(37,38)34-15-14-22-6-4-5-7-24(22)18-34/h4-13,16,21,27-28,32H,1,14-15,17-19H2,2-3H3,(H,35,36)/t21-,27+,28-,32-/m1/s1. The Morgan fingerprint density at radius 3 is 2.51 bits per heavy atom. The molecule has 0 aliphatic carbocycles. The first-order chi connectivity index (χ1) is 19.5. The van der Waals surface area contributed by atoms with Crippen molar-refractivity contribution in [1.82, 2.24) is 4.31 Å². The average Bonchev–Trinajstić information content (AvgIpc) is 2.96. The minimum Gasteiger partial charge on any atom is -0.482 e. The second kappa shape index (κ2) is 12.0. The Hall–Kier alpha value is -3.17. The summed E-state index contributed by atoms with van der Waals surface area (Å²) in [6, 6.07) is 20.2. The van der Waals surface area contributed by atoms with Crippen LogP contribution in [0.15, 0.2) is 83.8 Å². The Bertz CT molecular complexity index is 1550. The molecule has 3 aromatic carbocycles. The van der Waals surface area contributed by atoms with Gasteiger partial charge >= 0.3 is 5.97 Å². The molecule has 0 unspecified atom stereocenters. The fourth-order valence-electron chi connectivity index (χ4n) is 5.88. The minimum atomic E-state index is -3.85. The van der Waals surface area contributed by atoms with Gasteiger partial charge in [0, 0.05) is 35.5 Å². The Kier molecular flexibility index (Phi) is 8.57. The summed E-state index contributed by atoms with van der Waals surface area (Å²) in [7, 11) is -3.85. The number of sulfonamides is 1. The van der Waals surface area contributed by atoms with E-state index >= 15 is 0 Å². The predicted octanol–water partition coefficient (Wildman–Crippen LogP) is 6.38. The van der Waals surface area contributed by atoms with Crippen LogP contribution >= 0.6 is 11.6 Å². The second-order valence-corrected chi connectivity index (χ2v) is 13.2. The Morgan fingerprint density at radius 1 is 1.12 bits per heavy atom. The molecular formula is C32H34ClNO6S. The molecule has 3 aromatic rings. The summed E-state index contributed by atoms with van der Waals surface area (Å²) >= 11 is 6.12. The van der Waals surface area contributed by atoms with E-state index < -0.39 is 28.7 Å². The summed E-state index contributed by atoms with van der Waals surface area (Å²) < 4.78 is 41.5. The first-order valence-corrected chi connectivity index (χ1v) is 15.5. The molecule has 0 amide bonds. The molecule has 41 heavy (non-hydrogen) atoms. The maximum atomic E-state index is 13.9. The number of halogens is 1. The van der Waals surface area contributed by atoms with Gasteiger partial charge < -0.3 is 14.6 Å². The van der Waals surface area contributed by atoms with Crippen molar-refractivity contribution in [3.63, 3.8) is 0 Å². The lowest BCUT2D eigenvalue weighted by Crippen LogP contribution is -2.36. The highest BCUT2D eigenvalue weighted by atomic mass is 35.5. The van der Waals surface area contributed by atoms with Crippen LogP contribution in [0.3, 0.4) is 0 Å². The smallest absolute Gasteiger partial charge is 0.341 e. The predicted molar refractivity (Wildman–Crippen MR) is 158 cm³/mol. The van der Waals surface area contributed by atoms with Crippen LogP contribution in [0.1, 0.15) is 54.5 Å². The monoisotopic (exact) mass is 595 g/mol. The van der Waals surface area contributed by atoms with E-state index in [1.807, 2.05) is 62.4 Å². The van der Waals surface area contributed by atoms with Gasteiger partial charge in [-0.15, -0.1) is 0 Å². The topological polar surface area (TPSA) is 93.1 Å². The van der Waals surface area contributed by atoms with Crippen molar-refractivity contribution in [3.8, 4) is 5.75 Å². The molecule has 0 spiro atoms. The van der Waals surface area contributed by atoms with Gasteiger partial charge in [0.1, 0.15) is 5.75 Å². The van der Waals surface area contributed by atoms with Gasteiger partial charge in [-0.3, -0.25) is 0 Å². The molecule has 1 N–H and O–H groups in total. The third kappa shape index (κ3) is 6.21. The Labute approximate surface area is 246 Å². The zero-order valence-corrected chi connectivity index (χ0v) is 24.7. The number of carboxylic acid groups (broad SMARTS) is 1. The number of hydrogen-bond acceptors (Lipinski definition) is 5. The number of fused-ring (bicyclic) bond motifs is 1. The van der Waals surface area contributed by atoms with Gasteiger partial charge in [0.2, 0.25) is 10.0 Å². The van der Waals surface area contributed by atoms with E-state index in [1.54, 1.807) is 6.07 Å². The van der Waals surface area contributed by atoms with E-state index in [1.165, 1.54) is 16.4 Å². The molecule has 1 saturated heterocycles. The van der Waals surface area contributed by atoms with Crippen molar-refractivity contribution in [2.24, 2.45) is 5.92 Å². The molecule has 2 aliphatic rings. The SMILES string of the molecule is C=C(C)[C@@H]1C[C@@H](c2ccc(Cl)cc2)[C@@H](C)O[C@H]1c1cc(S(=O)(=O)N2CCc3ccccc3C2)ccc1OCC(=O)O. The van der Waals surface area contributed by atoms with Crippen LogP contribution in [0, 0.1) is 5.92 Å². The van der Waals surface area contributed by atoms with E-state index in [0.717, 1.165) is 22.3 Å². The Morgan fingerprint density at radius 2 is 1.83 bits per heavy atom. The lowest BCUT2D eigenvalue weighted by molar-refractivity contribution is -0.139. The van der Waals surface area contributed by atoms with Gasteiger partial charge in [0.15, 0.2) is 6.61 Å². The van der Waals surface area contributed by atoms with Crippen LogP contribution < -0.4 is 4.74 Å². The largest absolute Gasteiger partial charge is 0.482 e. The second-order valence-electron chi connectivity index (χ2n) is 10.8.